The summed E-state index contributed by atoms with van der Waals surface area (Å²) in [6.45, 7) is 2.72. The van der Waals surface area contributed by atoms with Crippen molar-refractivity contribution in [2.24, 2.45) is 12.8 Å². The Labute approximate surface area is 203 Å². The van der Waals surface area contributed by atoms with Gasteiger partial charge in [0, 0.05) is 36.8 Å². The highest BCUT2D eigenvalue weighted by Crippen LogP contribution is 2.18. The first-order valence-corrected chi connectivity index (χ1v) is 10.9. The van der Waals surface area contributed by atoms with Gasteiger partial charge in [0.25, 0.3) is 0 Å². The van der Waals surface area contributed by atoms with E-state index in [2.05, 4.69) is 33.4 Å². The molecule has 1 aromatic carbocycles. The normalized spacial score (nSPS) is 11.1. The molecule has 3 N–H and O–H groups in total. The lowest BCUT2D eigenvalue weighted by atomic mass is 10.0. The molecule has 0 bridgehead atoms. The number of aromatic nitrogens is 4. The fraction of sp³-hybridized carbons (Fsp3) is 0.192. The van der Waals surface area contributed by atoms with E-state index in [0.29, 0.717) is 29.4 Å². The minimum absolute atomic E-state index is 0.0385. The number of aryl methyl sites for hydroxylation is 1. The van der Waals surface area contributed by atoms with Crippen molar-refractivity contribution in [3.63, 3.8) is 0 Å². The van der Waals surface area contributed by atoms with Gasteiger partial charge in [0.2, 0.25) is 5.91 Å². The molecule has 0 saturated carbocycles. The van der Waals surface area contributed by atoms with Gasteiger partial charge in [-0.05, 0) is 53.9 Å². The molecule has 0 spiro atoms. The van der Waals surface area contributed by atoms with Crippen LogP contribution in [0.5, 0.6) is 0 Å². The number of anilines is 1. The van der Waals surface area contributed by atoms with E-state index in [1.807, 2.05) is 43.6 Å². The first-order chi connectivity index (χ1) is 16.9. The molecule has 3 aromatic heterocycles. The number of halogens is 1. The molecule has 0 aliphatic heterocycles. The van der Waals surface area contributed by atoms with Crippen molar-refractivity contribution in [2.45, 2.75) is 19.3 Å². The Kier molecular flexibility index (Phi) is 8.76. The number of pyridine rings is 2. The average molecular weight is 472 g/mol. The van der Waals surface area contributed by atoms with Crippen LogP contribution in [0.1, 0.15) is 29.5 Å². The molecule has 0 aliphatic rings. The minimum atomic E-state index is -0.464. The number of rotatable bonds is 6. The fourth-order valence-corrected chi connectivity index (χ4v) is 3.16. The zero-order valence-corrected chi connectivity index (χ0v) is 19.5. The van der Waals surface area contributed by atoms with E-state index in [1.54, 1.807) is 23.1 Å². The molecular weight excluding hydrogens is 445 g/mol. The predicted octanol–water partition coefficient (Wildman–Crippen LogP) is 3.82. The third-order valence-corrected chi connectivity index (χ3v) is 5.16. The van der Waals surface area contributed by atoms with E-state index >= 15 is 0 Å². The number of nitriles is 1. The van der Waals surface area contributed by atoms with Crippen molar-refractivity contribution in [3.8, 4) is 17.2 Å². The molecule has 4 rings (SSSR count). The fourth-order valence-electron chi connectivity index (χ4n) is 3.16. The zero-order valence-electron chi connectivity index (χ0n) is 19.5. The summed E-state index contributed by atoms with van der Waals surface area (Å²) in [4.78, 5) is 19.9. The number of hydrogen-bond donors (Lipinski definition) is 2. The molecule has 9 heteroatoms. The number of benzene rings is 1. The van der Waals surface area contributed by atoms with Gasteiger partial charge >= 0.3 is 0 Å². The van der Waals surface area contributed by atoms with Crippen LogP contribution in [-0.2, 0) is 18.3 Å². The van der Waals surface area contributed by atoms with Crippen LogP contribution in [0.3, 0.4) is 0 Å². The van der Waals surface area contributed by atoms with Crippen molar-refractivity contribution in [1.82, 2.24) is 19.7 Å². The second-order valence-corrected chi connectivity index (χ2v) is 7.94. The molecule has 1 atom stereocenters. The first kappa shape index (κ1) is 25.2. The maximum absolute atomic E-state index is 13.0. The summed E-state index contributed by atoms with van der Waals surface area (Å²) in [6.07, 6.45) is 7.88. The van der Waals surface area contributed by atoms with Gasteiger partial charge in [0.1, 0.15) is 11.6 Å². The van der Waals surface area contributed by atoms with Crippen LogP contribution in [0.15, 0.2) is 73.4 Å². The van der Waals surface area contributed by atoms with E-state index in [-0.39, 0.29) is 12.3 Å². The van der Waals surface area contributed by atoms with E-state index in [0.717, 1.165) is 17.3 Å². The molecule has 35 heavy (non-hydrogen) atoms. The molecule has 1 unspecified atom stereocenters. The lowest BCUT2D eigenvalue weighted by Crippen LogP contribution is -2.15. The Balaban J connectivity index is 0.000000241. The lowest BCUT2D eigenvalue weighted by molar-refractivity contribution is -0.115. The summed E-state index contributed by atoms with van der Waals surface area (Å²) in [5, 5.41) is 15.3. The number of hydrogen-bond acceptors (Lipinski definition) is 6. The molecule has 4 aromatic rings. The second-order valence-electron chi connectivity index (χ2n) is 7.94. The minimum Gasteiger partial charge on any atom is -0.330 e. The largest absolute Gasteiger partial charge is 0.330 e. The number of amides is 1. The number of carbonyl (C=O) groups excluding carboxylic acids is 1. The summed E-state index contributed by atoms with van der Waals surface area (Å²) in [5.41, 5.74) is 9.76. The molecule has 178 valence electrons. The lowest BCUT2D eigenvalue weighted by Gasteiger charge is -2.07. The van der Waals surface area contributed by atoms with Gasteiger partial charge in [0.05, 0.1) is 30.4 Å². The Morgan fingerprint density at radius 3 is 2.49 bits per heavy atom. The van der Waals surface area contributed by atoms with Gasteiger partial charge in [-0.3, -0.25) is 14.5 Å². The number of nitrogens with one attached hydrogen (secondary N) is 1. The van der Waals surface area contributed by atoms with E-state index < -0.39 is 5.82 Å². The van der Waals surface area contributed by atoms with Crippen molar-refractivity contribution in [3.05, 3.63) is 96.0 Å². The molecule has 0 fully saturated rings. The first-order valence-electron chi connectivity index (χ1n) is 10.9. The topological polar surface area (TPSA) is 123 Å². The van der Waals surface area contributed by atoms with Gasteiger partial charge in [-0.25, -0.2) is 9.37 Å². The Morgan fingerprint density at radius 1 is 1.14 bits per heavy atom. The Bertz CT molecular complexity index is 1290. The highest BCUT2D eigenvalue weighted by Gasteiger charge is 2.07. The van der Waals surface area contributed by atoms with Crippen LogP contribution >= 0.6 is 0 Å². The summed E-state index contributed by atoms with van der Waals surface area (Å²) in [7, 11) is 1.84. The molecule has 3 heterocycles. The highest BCUT2D eigenvalue weighted by molar-refractivity contribution is 5.91. The zero-order chi connectivity index (χ0) is 25.2. The third kappa shape index (κ3) is 7.55. The van der Waals surface area contributed by atoms with E-state index in [9.17, 15) is 9.18 Å². The SMILES string of the molecule is CC(CN)c1ccc(C#N)cc1.Cn1cc(-c2ccc(NC(=O)Cc3cncc(F)c3)nc2)cn1. The summed E-state index contributed by atoms with van der Waals surface area (Å²) in [5.74, 6) is 0.0676. The van der Waals surface area contributed by atoms with Gasteiger partial charge < -0.3 is 11.1 Å². The van der Waals surface area contributed by atoms with Gasteiger partial charge in [-0.2, -0.15) is 10.4 Å². The van der Waals surface area contributed by atoms with Crippen LogP contribution in [0.25, 0.3) is 11.1 Å². The molecule has 8 nitrogen and oxygen atoms in total. The second kappa shape index (κ2) is 12.2. The quantitative estimate of drug-likeness (QED) is 0.441. The summed E-state index contributed by atoms with van der Waals surface area (Å²) >= 11 is 0. The van der Waals surface area contributed by atoms with Gasteiger partial charge in [-0.15, -0.1) is 0 Å². The van der Waals surface area contributed by atoms with Crippen molar-refractivity contribution >= 4 is 11.7 Å². The standard InChI is InChI=1S/C16H14FN5O.C10H12N2/c1-22-10-13(8-20-22)12-2-3-15(19-7-12)21-16(23)5-11-4-14(17)9-18-6-11;1-8(6-11)10-4-2-9(7-12)3-5-10/h2-4,6-10H,5H2,1H3,(H,19,21,23);2-5,8H,6,11H2,1H3. The van der Waals surface area contributed by atoms with Crippen molar-refractivity contribution in [2.75, 3.05) is 11.9 Å². The molecular formula is C26H26FN7O. The molecule has 0 radical (unpaired) electrons. The number of carbonyl (C=O) groups is 1. The van der Waals surface area contributed by atoms with Crippen LogP contribution in [0.2, 0.25) is 0 Å². The average Bonchev–Trinajstić information content (AvgIpc) is 3.30. The maximum Gasteiger partial charge on any atom is 0.230 e. The monoisotopic (exact) mass is 471 g/mol. The Hall–Kier alpha value is -4.42. The highest BCUT2D eigenvalue weighted by atomic mass is 19.1. The smallest absolute Gasteiger partial charge is 0.230 e. The predicted molar refractivity (Wildman–Crippen MR) is 132 cm³/mol. The Morgan fingerprint density at radius 2 is 1.91 bits per heavy atom. The third-order valence-electron chi connectivity index (χ3n) is 5.16. The molecule has 0 aliphatic carbocycles. The van der Waals surface area contributed by atoms with Crippen LogP contribution in [-0.4, -0.2) is 32.2 Å². The van der Waals surface area contributed by atoms with E-state index in [1.165, 1.54) is 17.8 Å². The van der Waals surface area contributed by atoms with Crippen LogP contribution < -0.4 is 11.1 Å². The summed E-state index contributed by atoms with van der Waals surface area (Å²) < 4.78 is 14.7. The number of nitrogens with two attached hydrogens (primary N) is 1. The summed E-state index contributed by atoms with van der Waals surface area (Å²) in [6, 6.07) is 14.5. The van der Waals surface area contributed by atoms with Gasteiger partial charge in [-0.1, -0.05) is 19.1 Å². The number of nitrogens with zero attached hydrogens (tertiary/aromatic N) is 5. The maximum atomic E-state index is 13.0. The van der Waals surface area contributed by atoms with Crippen LogP contribution in [0.4, 0.5) is 10.2 Å². The van der Waals surface area contributed by atoms with Crippen molar-refractivity contribution in [1.29, 1.82) is 5.26 Å². The van der Waals surface area contributed by atoms with E-state index in [4.69, 9.17) is 11.0 Å². The van der Waals surface area contributed by atoms with Gasteiger partial charge in [0.15, 0.2) is 0 Å². The van der Waals surface area contributed by atoms with Crippen LogP contribution in [0, 0.1) is 17.1 Å². The molecule has 1 amide bonds. The molecule has 0 saturated heterocycles. The van der Waals surface area contributed by atoms with Crippen molar-refractivity contribution < 1.29 is 9.18 Å².